The Kier molecular flexibility index (Phi) is 9.61. The van der Waals surface area contributed by atoms with Crippen LogP contribution in [-0.2, 0) is 19.4 Å². The summed E-state index contributed by atoms with van der Waals surface area (Å²) in [7, 11) is 3.82. The minimum atomic E-state index is 0. The monoisotopic (exact) mass is 478 g/mol. The zero-order chi connectivity index (χ0) is 16.7. The van der Waals surface area contributed by atoms with Crippen molar-refractivity contribution in [1.29, 1.82) is 0 Å². The average molecular weight is 479 g/mol. The normalized spacial score (nSPS) is 11.1. The molecule has 2 rings (SSSR count). The quantitative estimate of drug-likeness (QED) is 0.384. The lowest BCUT2D eigenvalue weighted by atomic mass is 10.2. The van der Waals surface area contributed by atoms with Crippen LogP contribution in [0.5, 0.6) is 0 Å². The number of nitrogens with zero attached hydrogens (tertiary/aromatic N) is 3. The van der Waals surface area contributed by atoms with Gasteiger partial charge in [0.2, 0.25) is 0 Å². The van der Waals surface area contributed by atoms with Gasteiger partial charge >= 0.3 is 0 Å². The fourth-order valence-electron chi connectivity index (χ4n) is 2.28. The molecule has 0 bridgehead atoms. The summed E-state index contributed by atoms with van der Waals surface area (Å²) in [6, 6.07) is 7.90. The van der Waals surface area contributed by atoms with Crippen molar-refractivity contribution in [3.63, 3.8) is 0 Å². The summed E-state index contributed by atoms with van der Waals surface area (Å²) < 4.78 is 0. The lowest BCUT2D eigenvalue weighted by Crippen LogP contribution is -2.39. The topological polar surface area (TPSA) is 40.5 Å². The number of halogens is 2. The molecule has 132 valence electrons. The molecule has 2 aromatic rings. The van der Waals surface area contributed by atoms with Crippen LogP contribution < -0.4 is 5.32 Å². The molecule has 0 saturated heterocycles. The van der Waals surface area contributed by atoms with Crippen LogP contribution >= 0.6 is 46.9 Å². The Morgan fingerprint density at radius 3 is 2.83 bits per heavy atom. The zero-order valence-electron chi connectivity index (χ0n) is 14.3. The van der Waals surface area contributed by atoms with E-state index in [2.05, 4.69) is 33.2 Å². The molecule has 7 heteroatoms. The van der Waals surface area contributed by atoms with E-state index >= 15 is 0 Å². The Morgan fingerprint density at radius 2 is 2.21 bits per heavy atom. The van der Waals surface area contributed by atoms with Crippen molar-refractivity contribution in [2.75, 3.05) is 20.6 Å². The molecule has 1 aromatic heterocycles. The number of thiazole rings is 1. The largest absolute Gasteiger partial charge is 0.356 e. The summed E-state index contributed by atoms with van der Waals surface area (Å²) in [5.74, 6) is 0.872. The second-order valence-electron chi connectivity index (χ2n) is 5.28. The van der Waals surface area contributed by atoms with Gasteiger partial charge in [0, 0.05) is 49.7 Å². The molecule has 0 atom stereocenters. The molecule has 24 heavy (non-hydrogen) atoms. The van der Waals surface area contributed by atoms with Crippen molar-refractivity contribution in [1.82, 2.24) is 15.2 Å². The maximum absolute atomic E-state index is 6.04. The molecular formula is C17H24ClIN4S. The van der Waals surface area contributed by atoms with Gasteiger partial charge < -0.3 is 10.2 Å². The average Bonchev–Trinajstić information content (AvgIpc) is 2.99. The van der Waals surface area contributed by atoms with Crippen LogP contribution in [0, 0.1) is 0 Å². The Balaban J connectivity index is 0.00000288. The van der Waals surface area contributed by atoms with Crippen molar-refractivity contribution in [2.24, 2.45) is 4.99 Å². The zero-order valence-corrected chi connectivity index (χ0v) is 18.2. The Bertz CT molecular complexity index is 660. The van der Waals surface area contributed by atoms with Crippen molar-refractivity contribution in [2.45, 2.75) is 26.3 Å². The molecule has 0 amide bonds. The molecule has 1 heterocycles. The molecule has 4 nitrogen and oxygen atoms in total. The van der Waals surface area contributed by atoms with Gasteiger partial charge in [-0.25, -0.2) is 4.98 Å². The first kappa shape index (κ1) is 21.2. The highest BCUT2D eigenvalue weighted by Crippen LogP contribution is 2.14. The van der Waals surface area contributed by atoms with E-state index in [1.807, 2.05) is 31.4 Å². The highest BCUT2D eigenvalue weighted by atomic mass is 127. The summed E-state index contributed by atoms with van der Waals surface area (Å²) in [4.78, 5) is 12.2. The Hall–Kier alpha value is -0.860. The molecule has 1 N–H and O–H groups in total. The minimum Gasteiger partial charge on any atom is -0.356 e. The third-order valence-corrected chi connectivity index (χ3v) is 4.89. The Labute approximate surface area is 170 Å². The van der Waals surface area contributed by atoms with Gasteiger partial charge in [-0.15, -0.1) is 35.3 Å². The smallest absolute Gasteiger partial charge is 0.193 e. The lowest BCUT2D eigenvalue weighted by molar-refractivity contribution is 0.477. The Morgan fingerprint density at radius 1 is 1.42 bits per heavy atom. The van der Waals surface area contributed by atoms with Crippen LogP contribution in [0.4, 0.5) is 0 Å². The molecule has 0 aliphatic rings. The molecule has 0 spiro atoms. The van der Waals surface area contributed by atoms with Gasteiger partial charge in [0.25, 0.3) is 0 Å². The van der Waals surface area contributed by atoms with E-state index in [-0.39, 0.29) is 24.0 Å². The molecule has 0 aliphatic heterocycles. The van der Waals surface area contributed by atoms with E-state index in [0.717, 1.165) is 42.5 Å². The fraction of sp³-hybridized carbons (Fsp3) is 0.412. The summed E-state index contributed by atoms with van der Waals surface area (Å²) >= 11 is 7.82. The second-order valence-corrected chi connectivity index (χ2v) is 6.92. The first-order chi connectivity index (χ1) is 11.1. The summed E-state index contributed by atoms with van der Waals surface area (Å²) in [6.07, 6.45) is 3.93. The van der Waals surface area contributed by atoms with Crippen molar-refractivity contribution in [3.05, 3.63) is 50.9 Å². The number of aliphatic imine (C=N–C) groups is 1. The van der Waals surface area contributed by atoms with Crippen molar-refractivity contribution >= 4 is 52.9 Å². The number of nitrogens with one attached hydrogen (secondary N) is 1. The molecular weight excluding hydrogens is 455 g/mol. The predicted molar refractivity (Wildman–Crippen MR) is 115 cm³/mol. The molecule has 0 unspecified atom stereocenters. The van der Waals surface area contributed by atoms with Crippen LogP contribution in [0.2, 0.25) is 5.02 Å². The number of guanidine groups is 1. The number of rotatable bonds is 6. The minimum absolute atomic E-state index is 0. The maximum atomic E-state index is 6.04. The summed E-state index contributed by atoms with van der Waals surface area (Å²) in [5, 5.41) is 5.32. The van der Waals surface area contributed by atoms with E-state index in [1.165, 1.54) is 9.88 Å². The number of benzene rings is 1. The number of hydrogen-bond donors (Lipinski definition) is 1. The summed E-state index contributed by atoms with van der Waals surface area (Å²) in [5.41, 5.74) is 1.16. The van der Waals surface area contributed by atoms with E-state index < -0.39 is 0 Å². The number of hydrogen-bond acceptors (Lipinski definition) is 3. The maximum Gasteiger partial charge on any atom is 0.193 e. The van der Waals surface area contributed by atoms with Crippen LogP contribution in [-0.4, -0.2) is 36.5 Å². The van der Waals surface area contributed by atoms with Gasteiger partial charge in [-0.05, 0) is 24.1 Å². The van der Waals surface area contributed by atoms with Gasteiger partial charge in [0.05, 0.1) is 5.01 Å². The third-order valence-electron chi connectivity index (χ3n) is 3.45. The van der Waals surface area contributed by atoms with Crippen molar-refractivity contribution < 1.29 is 0 Å². The summed E-state index contributed by atoms with van der Waals surface area (Å²) in [6.45, 7) is 3.74. The van der Waals surface area contributed by atoms with E-state index in [4.69, 9.17) is 11.6 Å². The van der Waals surface area contributed by atoms with Crippen molar-refractivity contribution in [3.8, 4) is 0 Å². The van der Waals surface area contributed by atoms with Gasteiger partial charge in [-0.2, -0.15) is 0 Å². The van der Waals surface area contributed by atoms with E-state index in [0.29, 0.717) is 0 Å². The molecule has 1 aromatic carbocycles. The highest BCUT2D eigenvalue weighted by molar-refractivity contribution is 14.0. The van der Waals surface area contributed by atoms with E-state index in [9.17, 15) is 0 Å². The SMILES string of the molecule is CCc1cnc(CCNC(=NC)N(C)Cc2cccc(Cl)c2)s1.I. The third kappa shape index (κ3) is 6.57. The van der Waals surface area contributed by atoms with Crippen LogP contribution in [0.25, 0.3) is 0 Å². The number of aromatic nitrogens is 1. The van der Waals surface area contributed by atoms with Gasteiger partial charge in [0.1, 0.15) is 0 Å². The standard InChI is InChI=1S/C17H23ClN4S.HI/c1-4-15-11-21-16(23-15)8-9-20-17(19-2)22(3)12-13-6-5-7-14(18)10-13;/h5-7,10-11H,4,8-9,12H2,1-3H3,(H,19,20);1H. The fourth-order valence-corrected chi connectivity index (χ4v) is 3.35. The first-order valence-corrected chi connectivity index (χ1v) is 8.91. The van der Waals surface area contributed by atoms with E-state index in [1.54, 1.807) is 18.4 Å². The molecule has 0 fully saturated rings. The molecule has 0 saturated carbocycles. The number of aryl methyl sites for hydroxylation is 1. The van der Waals surface area contributed by atoms with Gasteiger partial charge in [-0.3, -0.25) is 4.99 Å². The molecule has 0 radical (unpaired) electrons. The van der Waals surface area contributed by atoms with Crippen LogP contribution in [0.3, 0.4) is 0 Å². The van der Waals surface area contributed by atoms with Gasteiger partial charge in [-0.1, -0.05) is 30.7 Å². The predicted octanol–water partition coefficient (Wildman–Crippen LogP) is 4.23. The highest BCUT2D eigenvalue weighted by Gasteiger charge is 2.07. The van der Waals surface area contributed by atoms with Crippen LogP contribution in [0.1, 0.15) is 22.4 Å². The lowest BCUT2D eigenvalue weighted by Gasteiger charge is -2.22. The van der Waals surface area contributed by atoms with Crippen LogP contribution in [0.15, 0.2) is 35.5 Å². The second kappa shape index (κ2) is 10.9. The first-order valence-electron chi connectivity index (χ1n) is 7.72. The van der Waals surface area contributed by atoms with Gasteiger partial charge in [0.15, 0.2) is 5.96 Å². The molecule has 0 aliphatic carbocycles.